The standard InChI is InChI=1S/C24H26ClF3N8O2/c1-35(23(37)5-7-29-12-16-3-4-22(19(25)9-16)38-24(26,27)28)8-2-6-30-20-10-17(36-14-32-33-15-36)11-21-18(20)13-31-34-21/h3-4,9-11,13-15,29-30H,2,5-8,12H2,1H3,(H,31,34). The number of aromatic amines is 1. The molecule has 0 atom stereocenters. The highest BCUT2D eigenvalue weighted by atomic mass is 35.5. The van der Waals surface area contributed by atoms with Gasteiger partial charge in [0.1, 0.15) is 18.4 Å². The molecular weight excluding hydrogens is 525 g/mol. The Kier molecular flexibility index (Phi) is 8.69. The number of aromatic nitrogens is 5. The molecule has 0 aliphatic rings. The third-order valence-electron chi connectivity index (χ3n) is 5.74. The van der Waals surface area contributed by atoms with Gasteiger partial charge in [-0.2, -0.15) is 5.10 Å². The van der Waals surface area contributed by atoms with Gasteiger partial charge in [0, 0.05) is 50.7 Å². The number of carbonyl (C=O) groups excluding carboxylic acids is 1. The highest BCUT2D eigenvalue weighted by Crippen LogP contribution is 2.30. The van der Waals surface area contributed by atoms with Crippen molar-refractivity contribution in [2.75, 3.05) is 32.0 Å². The first kappa shape index (κ1) is 27.2. The zero-order chi connectivity index (χ0) is 27.1. The molecule has 0 bridgehead atoms. The van der Waals surface area contributed by atoms with E-state index in [4.69, 9.17) is 11.6 Å². The molecule has 0 aliphatic heterocycles. The second-order valence-corrected chi connectivity index (χ2v) is 8.94. The molecule has 0 spiro atoms. The van der Waals surface area contributed by atoms with E-state index in [1.807, 2.05) is 12.1 Å². The maximum Gasteiger partial charge on any atom is 0.573 e. The number of ether oxygens (including phenoxy) is 1. The number of rotatable bonds is 12. The predicted molar refractivity (Wildman–Crippen MR) is 136 cm³/mol. The van der Waals surface area contributed by atoms with Crippen molar-refractivity contribution in [2.24, 2.45) is 0 Å². The van der Waals surface area contributed by atoms with E-state index in [2.05, 4.69) is 35.8 Å². The smallest absolute Gasteiger partial charge is 0.404 e. The number of hydrogen-bond donors (Lipinski definition) is 3. The number of nitrogens with zero attached hydrogens (tertiary/aromatic N) is 5. The Bertz CT molecular complexity index is 1360. The minimum absolute atomic E-state index is 0.0173. The van der Waals surface area contributed by atoms with Crippen LogP contribution in [0.15, 0.2) is 49.2 Å². The van der Waals surface area contributed by atoms with Crippen LogP contribution in [0.2, 0.25) is 5.02 Å². The van der Waals surface area contributed by atoms with E-state index in [1.165, 1.54) is 18.2 Å². The summed E-state index contributed by atoms with van der Waals surface area (Å²) < 4.78 is 42.7. The number of anilines is 1. The largest absolute Gasteiger partial charge is 0.573 e. The molecule has 202 valence electrons. The Morgan fingerprint density at radius 1 is 1.18 bits per heavy atom. The fraction of sp³-hybridized carbons (Fsp3) is 0.333. The first-order valence-corrected chi connectivity index (χ1v) is 12.1. The molecule has 0 saturated heterocycles. The minimum Gasteiger partial charge on any atom is -0.404 e. The molecule has 0 fully saturated rings. The van der Waals surface area contributed by atoms with Gasteiger partial charge in [-0.1, -0.05) is 17.7 Å². The minimum atomic E-state index is -4.80. The number of alkyl halides is 3. The van der Waals surface area contributed by atoms with Crippen LogP contribution in [0.25, 0.3) is 16.6 Å². The van der Waals surface area contributed by atoms with Gasteiger partial charge in [-0.15, -0.1) is 23.4 Å². The molecule has 1 amide bonds. The average molecular weight is 551 g/mol. The molecule has 4 aromatic rings. The molecule has 2 aromatic heterocycles. The van der Waals surface area contributed by atoms with E-state index < -0.39 is 12.1 Å². The summed E-state index contributed by atoms with van der Waals surface area (Å²) in [5.74, 6) is -0.470. The zero-order valence-corrected chi connectivity index (χ0v) is 21.2. The Labute approximate surface area is 221 Å². The van der Waals surface area contributed by atoms with E-state index in [-0.39, 0.29) is 17.4 Å². The third-order valence-corrected chi connectivity index (χ3v) is 6.03. The lowest BCUT2D eigenvalue weighted by atomic mass is 10.2. The van der Waals surface area contributed by atoms with Gasteiger partial charge in [0.05, 0.1) is 22.4 Å². The quantitative estimate of drug-likeness (QED) is 0.227. The molecule has 3 N–H and O–H groups in total. The first-order valence-electron chi connectivity index (χ1n) is 11.7. The van der Waals surface area contributed by atoms with Crippen LogP contribution in [0.4, 0.5) is 18.9 Å². The molecule has 0 radical (unpaired) electrons. The van der Waals surface area contributed by atoms with Crippen molar-refractivity contribution in [3.8, 4) is 11.4 Å². The fourth-order valence-corrected chi connectivity index (χ4v) is 4.05. The van der Waals surface area contributed by atoms with Gasteiger partial charge in [-0.3, -0.25) is 14.5 Å². The number of hydrogen-bond acceptors (Lipinski definition) is 7. The van der Waals surface area contributed by atoms with E-state index >= 15 is 0 Å². The second-order valence-electron chi connectivity index (χ2n) is 8.53. The molecule has 38 heavy (non-hydrogen) atoms. The van der Waals surface area contributed by atoms with Crippen molar-refractivity contribution in [2.45, 2.75) is 25.7 Å². The van der Waals surface area contributed by atoms with Crippen LogP contribution in [0.1, 0.15) is 18.4 Å². The summed E-state index contributed by atoms with van der Waals surface area (Å²) in [6.07, 6.45) is 1.21. The number of fused-ring (bicyclic) bond motifs is 1. The Morgan fingerprint density at radius 2 is 1.97 bits per heavy atom. The highest BCUT2D eigenvalue weighted by Gasteiger charge is 2.32. The third kappa shape index (κ3) is 7.35. The number of halogens is 4. The number of carbonyl (C=O) groups is 1. The zero-order valence-electron chi connectivity index (χ0n) is 20.4. The summed E-state index contributed by atoms with van der Waals surface area (Å²) in [5.41, 5.74) is 3.36. The lowest BCUT2D eigenvalue weighted by Gasteiger charge is -2.18. The van der Waals surface area contributed by atoms with Gasteiger partial charge in [0.25, 0.3) is 0 Å². The summed E-state index contributed by atoms with van der Waals surface area (Å²) in [6, 6.07) is 8.01. The van der Waals surface area contributed by atoms with Gasteiger partial charge < -0.3 is 20.3 Å². The Hall–Kier alpha value is -3.84. The van der Waals surface area contributed by atoms with E-state index in [0.29, 0.717) is 31.7 Å². The lowest BCUT2D eigenvalue weighted by Crippen LogP contribution is -2.31. The molecule has 0 aliphatic carbocycles. The number of H-pyrrole nitrogens is 1. The predicted octanol–water partition coefficient (Wildman–Crippen LogP) is 4.14. The summed E-state index contributed by atoms with van der Waals surface area (Å²) >= 11 is 5.86. The van der Waals surface area contributed by atoms with Crippen molar-refractivity contribution in [3.63, 3.8) is 0 Å². The van der Waals surface area contributed by atoms with Crippen molar-refractivity contribution >= 4 is 34.1 Å². The van der Waals surface area contributed by atoms with Gasteiger partial charge >= 0.3 is 6.36 Å². The topological polar surface area (TPSA) is 113 Å². The SMILES string of the molecule is CN(CCCNc1cc(-n2cnnc2)cc2[nH]ncc12)C(=O)CCNCc1ccc(OC(F)(F)F)c(Cl)c1. The van der Waals surface area contributed by atoms with E-state index in [0.717, 1.165) is 28.7 Å². The van der Waals surface area contributed by atoms with Gasteiger partial charge in [-0.05, 0) is 36.2 Å². The van der Waals surface area contributed by atoms with Crippen LogP contribution >= 0.6 is 11.6 Å². The summed E-state index contributed by atoms with van der Waals surface area (Å²) in [6.45, 7) is 1.98. The second kappa shape index (κ2) is 12.1. The van der Waals surface area contributed by atoms with Crippen LogP contribution in [0, 0.1) is 0 Å². The monoisotopic (exact) mass is 550 g/mol. The van der Waals surface area contributed by atoms with Gasteiger partial charge in [-0.25, -0.2) is 0 Å². The molecule has 14 heteroatoms. The number of nitrogens with one attached hydrogen (secondary N) is 3. The highest BCUT2D eigenvalue weighted by molar-refractivity contribution is 6.32. The van der Waals surface area contributed by atoms with Gasteiger partial charge in [0.15, 0.2) is 0 Å². The van der Waals surface area contributed by atoms with Crippen molar-refractivity contribution < 1.29 is 22.7 Å². The molecule has 0 saturated carbocycles. The summed E-state index contributed by atoms with van der Waals surface area (Å²) in [4.78, 5) is 14.1. The number of benzene rings is 2. The molecule has 2 aromatic carbocycles. The first-order chi connectivity index (χ1) is 18.2. The van der Waals surface area contributed by atoms with E-state index in [1.54, 1.807) is 35.4 Å². The maximum absolute atomic E-state index is 12.5. The fourth-order valence-electron chi connectivity index (χ4n) is 3.81. The molecule has 2 heterocycles. The van der Waals surface area contributed by atoms with Crippen molar-refractivity contribution in [3.05, 3.63) is 59.8 Å². The lowest BCUT2D eigenvalue weighted by molar-refractivity contribution is -0.274. The van der Waals surface area contributed by atoms with Crippen LogP contribution in [-0.2, 0) is 11.3 Å². The normalized spacial score (nSPS) is 11.6. The Morgan fingerprint density at radius 3 is 2.71 bits per heavy atom. The van der Waals surface area contributed by atoms with Crippen LogP contribution in [-0.4, -0.2) is 68.8 Å². The van der Waals surface area contributed by atoms with E-state index in [9.17, 15) is 18.0 Å². The maximum atomic E-state index is 12.5. The molecule has 4 rings (SSSR count). The van der Waals surface area contributed by atoms with Crippen molar-refractivity contribution in [1.29, 1.82) is 0 Å². The van der Waals surface area contributed by atoms with Crippen LogP contribution in [0.5, 0.6) is 5.75 Å². The van der Waals surface area contributed by atoms with Crippen LogP contribution < -0.4 is 15.4 Å². The summed E-state index contributed by atoms with van der Waals surface area (Å²) in [7, 11) is 1.75. The average Bonchev–Trinajstić information content (AvgIpc) is 3.57. The van der Waals surface area contributed by atoms with Crippen LogP contribution in [0.3, 0.4) is 0 Å². The molecule has 0 unspecified atom stereocenters. The van der Waals surface area contributed by atoms with Crippen molar-refractivity contribution in [1.82, 2.24) is 35.2 Å². The van der Waals surface area contributed by atoms with Gasteiger partial charge in [0.2, 0.25) is 5.91 Å². The number of amides is 1. The summed E-state index contributed by atoms with van der Waals surface area (Å²) in [5, 5.41) is 22.1. The molecular formula is C24H26ClF3N8O2. The molecule has 10 nitrogen and oxygen atoms in total. The Balaban J connectivity index is 1.18.